The summed E-state index contributed by atoms with van der Waals surface area (Å²) in [7, 11) is 0. The lowest BCUT2D eigenvalue weighted by molar-refractivity contribution is -0.0703. The van der Waals surface area contributed by atoms with Gasteiger partial charge in [-0.2, -0.15) is 0 Å². The minimum absolute atomic E-state index is 0.700. The molecule has 178 valence electrons. The molecule has 3 heteroatoms. The molecule has 0 amide bonds. The van der Waals surface area contributed by atoms with Crippen LogP contribution in [0, 0.1) is 22.2 Å². The fraction of sp³-hybridized carbons (Fsp3) is 1.00. The molecule has 31 heavy (non-hydrogen) atoms. The first-order valence-electron chi connectivity index (χ1n) is 14.0. The van der Waals surface area contributed by atoms with Gasteiger partial charge in [-0.3, -0.25) is 0 Å². The number of piperidine rings is 3. The van der Waals surface area contributed by atoms with Gasteiger partial charge in [0.25, 0.3) is 0 Å². The molecule has 2 spiro atoms. The first-order valence-corrected chi connectivity index (χ1v) is 14.0. The van der Waals surface area contributed by atoms with E-state index in [4.69, 9.17) is 0 Å². The molecule has 0 bridgehead atoms. The summed E-state index contributed by atoms with van der Waals surface area (Å²) in [5, 5.41) is 0. The monoisotopic (exact) mass is 429 g/mol. The van der Waals surface area contributed by atoms with Crippen LogP contribution in [0.1, 0.15) is 98.3 Å². The molecule has 0 radical (unpaired) electrons. The Morgan fingerprint density at radius 2 is 1.23 bits per heavy atom. The van der Waals surface area contributed by atoms with Crippen LogP contribution in [-0.2, 0) is 0 Å². The zero-order valence-corrected chi connectivity index (χ0v) is 21.3. The summed E-state index contributed by atoms with van der Waals surface area (Å²) in [5.41, 5.74) is 2.14. The van der Waals surface area contributed by atoms with Crippen LogP contribution in [-0.4, -0.2) is 72.6 Å². The smallest absolute Gasteiger partial charge is 0.0106 e. The summed E-state index contributed by atoms with van der Waals surface area (Å²) in [4.78, 5) is 8.47. The minimum Gasteiger partial charge on any atom is -0.303 e. The van der Waals surface area contributed by atoms with Crippen molar-refractivity contribution in [2.24, 2.45) is 22.2 Å². The van der Waals surface area contributed by atoms with Crippen molar-refractivity contribution in [3.8, 4) is 0 Å². The van der Waals surface area contributed by atoms with E-state index < -0.39 is 0 Å². The molecule has 3 aliphatic heterocycles. The van der Waals surface area contributed by atoms with Gasteiger partial charge in [0.15, 0.2) is 0 Å². The second-order valence-electron chi connectivity index (χ2n) is 13.6. The normalized spacial score (nSPS) is 31.5. The van der Waals surface area contributed by atoms with E-state index in [1.165, 1.54) is 116 Å². The topological polar surface area (TPSA) is 9.72 Å². The largest absolute Gasteiger partial charge is 0.303 e. The van der Waals surface area contributed by atoms with Gasteiger partial charge in [-0.1, -0.05) is 13.8 Å². The zero-order chi connectivity index (χ0) is 21.7. The molecule has 0 aromatic heterocycles. The van der Waals surface area contributed by atoms with Gasteiger partial charge in [-0.15, -0.1) is 0 Å². The van der Waals surface area contributed by atoms with Crippen molar-refractivity contribution in [2.45, 2.75) is 110 Å². The highest BCUT2D eigenvalue weighted by atomic mass is 15.2. The Morgan fingerprint density at radius 3 is 1.74 bits per heavy atom. The summed E-state index contributed by atoms with van der Waals surface area (Å²) in [6.45, 7) is 19.2. The van der Waals surface area contributed by atoms with E-state index in [0.717, 1.165) is 23.4 Å². The van der Waals surface area contributed by atoms with Crippen molar-refractivity contribution in [3.05, 3.63) is 0 Å². The van der Waals surface area contributed by atoms with Crippen molar-refractivity contribution >= 4 is 0 Å². The van der Waals surface area contributed by atoms with Crippen LogP contribution in [0.5, 0.6) is 0 Å². The molecule has 2 saturated carbocycles. The van der Waals surface area contributed by atoms with E-state index in [1.807, 2.05) is 0 Å². The Morgan fingerprint density at radius 1 is 0.677 bits per heavy atom. The maximum absolute atomic E-state index is 2.92. The predicted molar refractivity (Wildman–Crippen MR) is 131 cm³/mol. The third-order valence-electron chi connectivity index (χ3n) is 10.6. The molecule has 0 aromatic rings. The highest BCUT2D eigenvalue weighted by Gasteiger charge is 2.50. The quantitative estimate of drug-likeness (QED) is 0.541. The second kappa shape index (κ2) is 8.58. The highest BCUT2D eigenvalue weighted by molar-refractivity contribution is 5.04. The molecule has 3 saturated heterocycles. The average molecular weight is 430 g/mol. The molecular formula is C28H51N3. The van der Waals surface area contributed by atoms with E-state index in [-0.39, 0.29) is 0 Å². The zero-order valence-electron chi connectivity index (χ0n) is 21.3. The minimum atomic E-state index is 0.700. The van der Waals surface area contributed by atoms with Crippen molar-refractivity contribution in [1.29, 1.82) is 0 Å². The van der Waals surface area contributed by atoms with Gasteiger partial charge in [-0.05, 0) is 146 Å². The molecule has 5 fully saturated rings. The Labute approximate surface area is 193 Å². The Bertz CT molecular complexity index is 588. The van der Waals surface area contributed by atoms with Gasteiger partial charge in [0, 0.05) is 18.6 Å². The van der Waals surface area contributed by atoms with Gasteiger partial charge in [-0.25, -0.2) is 0 Å². The van der Waals surface area contributed by atoms with E-state index in [1.54, 1.807) is 0 Å². The molecule has 5 rings (SSSR count). The fourth-order valence-electron chi connectivity index (χ4n) is 8.11. The second-order valence-corrected chi connectivity index (χ2v) is 13.6. The standard InChI is InChI=1S/C28H51N3/c1-23(2)19-28(5-6-28)22-29-13-7-26(8-14-29)9-17-31(18-10-26)25-20-27(21-25)11-15-30(16-12-27)24(3)4/h23-25H,5-22H2,1-4H3. The lowest BCUT2D eigenvalue weighted by Crippen LogP contribution is -2.58. The van der Waals surface area contributed by atoms with Crippen molar-refractivity contribution < 1.29 is 0 Å². The first-order chi connectivity index (χ1) is 14.8. The van der Waals surface area contributed by atoms with Crippen LogP contribution < -0.4 is 0 Å². The van der Waals surface area contributed by atoms with Crippen LogP contribution in [0.4, 0.5) is 0 Å². The highest BCUT2D eigenvalue weighted by Crippen LogP contribution is 2.54. The lowest BCUT2D eigenvalue weighted by Gasteiger charge is -2.58. The summed E-state index contributed by atoms with van der Waals surface area (Å²) >= 11 is 0. The molecular weight excluding hydrogens is 378 g/mol. The van der Waals surface area contributed by atoms with Crippen molar-refractivity contribution in [1.82, 2.24) is 14.7 Å². The van der Waals surface area contributed by atoms with Gasteiger partial charge in [0.05, 0.1) is 0 Å². The number of hydrogen-bond acceptors (Lipinski definition) is 3. The van der Waals surface area contributed by atoms with Crippen LogP contribution in [0.15, 0.2) is 0 Å². The molecule has 0 unspecified atom stereocenters. The number of nitrogens with zero attached hydrogens (tertiary/aromatic N) is 3. The Kier molecular flexibility index (Phi) is 6.28. The van der Waals surface area contributed by atoms with E-state index in [2.05, 4.69) is 42.4 Å². The SMILES string of the molecule is CC(C)CC1(CN2CCC3(CC2)CCN(C2CC4(CCN(C(C)C)CC4)C2)CC3)CC1. The van der Waals surface area contributed by atoms with Crippen LogP contribution in [0.2, 0.25) is 0 Å². The van der Waals surface area contributed by atoms with E-state index >= 15 is 0 Å². The third-order valence-corrected chi connectivity index (χ3v) is 10.6. The van der Waals surface area contributed by atoms with Crippen molar-refractivity contribution in [2.75, 3.05) is 45.8 Å². The maximum atomic E-state index is 2.92. The van der Waals surface area contributed by atoms with E-state index in [9.17, 15) is 0 Å². The molecule has 3 nitrogen and oxygen atoms in total. The Hall–Kier alpha value is -0.120. The lowest BCUT2D eigenvalue weighted by atomic mass is 9.59. The first kappa shape index (κ1) is 22.7. The summed E-state index contributed by atoms with van der Waals surface area (Å²) in [5.74, 6) is 0.872. The maximum Gasteiger partial charge on any atom is 0.0106 e. The Balaban J connectivity index is 1.03. The average Bonchev–Trinajstić information content (AvgIpc) is 3.47. The summed E-state index contributed by atoms with van der Waals surface area (Å²) in [6.07, 6.45) is 16.4. The molecule has 2 aliphatic carbocycles. The van der Waals surface area contributed by atoms with Crippen molar-refractivity contribution in [3.63, 3.8) is 0 Å². The summed E-state index contributed by atoms with van der Waals surface area (Å²) < 4.78 is 0. The third kappa shape index (κ3) is 4.90. The number of hydrogen-bond donors (Lipinski definition) is 0. The van der Waals surface area contributed by atoms with Crippen LogP contribution >= 0.6 is 0 Å². The molecule has 5 aliphatic rings. The van der Waals surface area contributed by atoms with Gasteiger partial charge in [0.1, 0.15) is 0 Å². The fourth-order valence-corrected chi connectivity index (χ4v) is 8.11. The molecule has 3 heterocycles. The number of likely N-dealkylation sites (tertiary alicyclic amines) is 3. The van der Waals surface area contributed by atoms with Gasteiger partial charge >= 0.3 is 0 Å². The number of rotatable bonds is 6. The van der Waals surface area contributed by atoms with E-state index in [0.29, 0.717) is 10.8 Å². The molecule has 0 aromatic carbocycles. The van der Waals surface area contributed by atoms with Gasteiger partial charge in [0.2, 0.25) is 0 Å². The van der Waals surface area contributed by atoms with Gasteiger partial charge < -0.3 is 14.7 Å². The molecule has 0 N–H and O–H groups in total. The summed E-state index contributed by atoms with van der Waals surface area (Å²) in [6, 6.07) is 1.66. The van der Waals surface area contributed by atoms with Crippen LogP contribution in [0.25, 0.3) is 0 Å². The predicted octanol–water partition coefficient (Wildman–Crippen LogP) is 5.64. The van der Waals surface area contributed by atoms with Crippen LogP contribution in [0.3, 0.4) is 0 Å². The molecule has 0 atom stereocenters.